The molecule has 0 bridgehead atoms. The van der Waals surface area contributed by atoms with Crippen molar-refractivity contribution >= 4 is 27.8 Å². The summed E-state index contributed by atoms with van der Waals surface area (Å²) in [6.07, 6.45) is 17.2. The van der Waals surface area contributed by atoms with Crippen molar-refractivity contribution in [1.82, 2.24) is 0 Å². The van der Waals surface area contributed by atoms with Crippen molar-refractivity contribution in [3.8, 4) is 0 Å². The van der Waals surface area contributed by atoms with E-state index in [0.29, 0.717) is 0 Å². The zero-order chi connectivity index (χ0) is 26.6. The molecule has 0 aliphatic carbocycles. The van der Waals surface area contributed by atoms with Gasteiger partial charge in [-0.1, -0.05) is 0 Å². The second-order valence-corrected chi connectivity index (χ2v) is 30.0. The molecule has 0 radical (unpaired) electrons. The van der Waals surface area contributed by atoms with Crippen LogP contribution in [0.4, 0.5) is 0 Å². The number of hydrogen-bond acceptors (Lipinski definition) is 3. The van der Waals surface area contributed by atoms with E-state index < -0.39 is 27.8 Å². The molecule has 0 aromatic carbocycles. The SMILES string of the molecule is CCCP(CC)(CC)(CC)OB(OP(CC)(CC)(CC)CCC)OP(CC)(CC)(CC)CCC. The fraction of sp³-hybridized carbons (Fsp3) is 1.00. The fourth-order valence-corrected chi connectivity index (χ4v) is 20.6. The van der Waals surface area contributed by atoms with Crippen LogP contribution in [0.15, 0.2) is 0 Å². The first kappa shape index (κ1) is 35.2. The molecule has 0 N–H and O–H groups in total. The van der Waals surface area contributed by atoms with Gasteiger partial charge in [-0.2, -0.15) is 0 Å². The zero-order valence-corrected chi connectivity index (χ0v) is 28.4. The maximum atomic E-state index is 7.53. The van der Waals surface area contributed by atoms with E-state index in [2.05, 4.69) is 83.1 Å². The molecular weight excluding hydrogens is 476 g/mol. The van der Waals surface area contributed by atoms with Crippen LogP contribution >= 0.6 is 20.5 Å². The molecule has 0 aliphatic rings. The van der Waals surface area contributed by atoms with Gasteiger partial charge in [-0.3, -0.25) is 0 Å². The zero-order valence-electron chi connectivity index (χ0n) is 25.8. The van der Waals surface area contributed by atoms with Crippen molar-refractivity contribution < 1.29 is 13.3 Å². The Kier molecular flexibility index (Phi) is 14.4. The molecule has 0 saturated heterocycles. The van der Waals surface area contributed by atoms with Crippen molar-refractivity contribution in [3.05, 3.63) is 0 Å². The summed E-state index contributed by atoms with van der Waals surface area (Å²) < 4.78 is 22.6. The van der Waals surface area contributed by atoms with Gasteiger partial charge in [0.05, 0.1) is 0 Å². The molecule has 3 nitrogen and oxygen atoms in total. The van der Waals surface area contributed by atoms with Gasteiger partial charge in [0.1, 0.15) is 0 Å². The molecule has 0 spiro atoms. The first-order valence-corrected chi connectivity index (χ1v) is 23.7. The van der Waals surface area contributed by atoms with Gasteiger partial charge < -0.3 is 0 Å². The molecule has 0 heterocycles. The Morgan fingerprint density at radius 1 is 0.353 bits per heavy atom. The van der Waals surface area contributed by atoms with Crippen molar-refractivity contribution in [2.24, 2.45) is 0 Å². The van der Waals surface area contributed by atoms with Crippen LogP contribution in [-0.4, -0.2) is 81.3 Å². The molecule has 7 heteroatoms. The first-order valence-electron chi connectivity index (χ1n) is 15.0. The molecule has 0 rings (SSSR count). The minimum atomic E-state index is -2.42. The molecule has 0 unspecified atom stereocenters. The van der Waals surface area contributed by atoms with Crippen molar-refractivity contribution in [1.29, 1.82) is 0 Å². The molecule has 0 saturated carbocycles. The standard InChI is InChI=1S/C27H66BO3P3/c1-13-25-32(16-4,17-5,18-6)29-28(30-33(19-7,20-8,21-9)26-14-2)31-34(22-10,23-11,24-12)27-15-3/h13-27H2,1-12H3. The molecular formula is C27H66BO3P3. The van der Waals surface area contributed by atoms with Crippen LogP contribution in [-0.2, 0) is 13.3 Å². The quantitative estimate of drug-likeness (QED) is 0.107. The summed E-state index contributed by atoms with van der Waals surface area (Å²) in [5, 5.41) is 0. The summed E-state index contributed by atoms with van der Waals surface area (Å²) in [6.45, 7) is 21.0. The monoisotopic (exact) mass is 542 g/mol. The predicted octanol–water partition coefficient (Wildman–Crippen LogP) is 9.84. The third kappa shape index (κ3) is 7.00. The Hall–Kier alpha value is 1.23. The average molecular weight is 543 g/mol. The van der Waals surface area contributed by atoms with Gasteiger partial charge >= 0.3 is 217 Å². The third-order valence-corrected chi connectivity index (χ3v) is 32.2. The fourth-order valence-electron chi connectivity index (χ4n) is 6.75. The van der Waals surface area contributed by atoms with Gasteiger partial charge in [0, 0.05) is 0 Å². The molecule has 0 aliphatic heterocycles. The van der Waals surface area contributed by atoms with Gasteiger partial charge in [-0.05, 0) is 0 Å². The van der Waals surface area contributed by atoms with Gasteiger partial charge in [0.15, 0.2) is 0 Å². The molecule has 0 aromatic rings. The summed E-state index contributed by atoms with van der Waals surface area (Å²) in [6, 6.07) is 0. The van der Waals surface area contributed by atoms with Crippen LogP contribution < -0.4 is 0 Å². The van der Waals surface area contributed by atoms with Crippen LogP contribution in [0.5, 0.6) is 0 Å². The molecule has 0 aromatic heterocycles. The second kappa shape index (κ2) is 13.9. The van der Waals surface area contributed by atoms with E-state index >= 15 is 0 Å². The van der Waals surface area contributed by atoms with E-state index in [4.69, 9.17) is 13.3 Å². The van der Waals surface area contributed by atoms with Gasteiger partial charge in [-0.25, -0.2) is 0 Å². The van der Waals surface area contributed by atoms with Crippen LogP contribution in [0.3, 0.4) is 0 Å². The Morgan fingerprint density at radius 2 is 0.529 bits per heavy atom. The first-order chi connectivity index (χ1) is 16.0. The normalized spacial score (nSPS) is 16.8. The van der Waals surface area contributed by atoms with Gasteiger partial charge in [0.2, 0.25) is 0 Å². The number of rotatable bonds is 21. The van der Waals surface area contributed by atoms with Crippen LogP contribution in [0.1, 0.15) is 102 Å². The molecule has 210 valence electrons. The summed E-state index contributed by atoms with van der Waals surface area (Å²) in [5.74, 6) is 0. The Labute approximate surface area is 217 Å². The maximum absolute atomic E-state index is 7.53. The number of hydrogen-bond donors (Lipinski definition) is 0. The summed E-state index contributed by atoms with van der Waals surface area (Å²) in [5.41, 5.74) is 0. The molecule has 0 amide bonds. The molecule has 34 heavy (non-hydrogen) atoms. The van der Waals surface area contributed by atoms with E-state index in [1.807, 2.05) is 0 Å². The Morgan fingerprint density at radius 3 is 0.647 bits per heavy atom. The van der Waals surface area contributed by atoms with E-state index in [1.165, 1.54) is 37.7 Å². The van der Waals surface area contributed by atoms with Gasteiger partial charge in [-0.15, -0.1) is 0 Å². The van der Waals surface area contributed by atoms with Crippen LogP contribution in [0.25, 0.3) is 0 Å². The van der Waals surface area contributed by atoms with Crippen molar-refractivity contribution in [2.75, 3.05) is 73.9 Å². The van der Waals surface area contributed by atoms with E-state index in [0.717, 1.165) is 55.5 Å². The van der Waals surface area contributed by atoms with Crippen molar-refractivity contribution in [3.63, 3.8) is 0 Å². The minimum absolute atomic E-state index is 0.503. The topological polar surface area (TPSA) is 27.7 Å². The van der Waals surface area contributed by atoms with Gasteiger partial charge in [0.25, 0.3) is 0 Å². The summed E-state index contributed by atoms with van der Waals surface area (Å²) >= 11 is 0. The van der Waals surface area contributed by atoms with E-state index in [1.54, 1.807) is 0 Å². The van der Waals surface area contributed by atoms with Crippen LogP contribution in [0, 0.1) is 0 Å². The molecule has 0 fully saturated rings. The predicted molar refractivity (Wildman–Crippen MR) is 170 cm³/mol. The average Bonchev–Trinajstić information content (AvgIpc) is 2.88. The summed E-state index contributed by atoms with van der Waals surface area (Å²) in [4.78, 5) is 0. The van der Waals surface area contributed by atoms with E-state index in [-0.39, 0.29) is 0 Å². The Balaban J connectivity index is 7.02. The molecule has 0 atom stereocenters. The summed E-state index contributed by atoms with van der Waals surface area (Å²) in [7, 11) is -0.503. The van der Waals surface area contributed by atoms with E-state index in [9.17, 15) is 0 Å². The Bertz CT molecular complexity index is 476. The third-order valence-electron chi connectivity index (χ3n) is 10.7. The van der Waals surface area contributed by atoms with Crippen molar-refractivity contribution in [2.45, 2.75) is 102 Å². The van der Waals surface area contributed by atoms with Crippen LogP contribution in [0.2, 0.25) is 0 Å². The second-order valence-electron chi connectivity index (χ2n) is 11.2.